The molecule has 0 spiro atoms. The third kappa shape index (κ3) is 3.17. The van der Waals surface area contributed by atoms with Crippen LogP contribution >= 0.6 is 27.3 Å². The summed E-state index contributed by atoms with van der Waals surface area (Å²) in [6.45, 7) is 2.22. The van der Waals surface area contributed by atoms with Crippen molar-refractivity contribution in [1.29, 1.82) is 0 Å². The topological polar surface area (TPSA) is 21.3 Å². The van der Waals surface area contributed by atoms with Crippen LogP contribution in [0.1, 0.15) is 47.9 Å². The van der Waals surface area contributed by atoms with Crippen molar-refractivity contribution in [3.05, 3.63) is 50.1 Å². The van der Waals surface area contributed by atoms with E-state index in [-0.39, 0.29) is 6.04 Å². The van der Waals surface area contributed by atoms with Crippen molar-refractivity contribution in [2.24, 2.45) is 0 Å². The number of aryl methyl sites for hydroxylation is 1. The lowest BCUT2D eigenvalue weighted by molar-refractivity contribution is 0.383. The lowest BCUT2D eigenvalue weighted by Gasteiger charge is -2.28. The van der Waals surface area contributed by atoms with Crippen LogP contribution in [0, 0.1) is 0 Å². The molecule has 0 saturated heterocycles. The van der Waals surface area contributed by atoms with Crippen LogP contribution in [0.2, 0.25) is 0 Å². The maximum Gasteiger partial charge on any atom is 0.123 e. The molecule has 1 unspecified atom stereocenters. The second-order valence-electron chi connectivity index (χ2n) is 5.50. The number of halogens is 1. The Labute approximate surface area is 138 Å². The molecule has 1 aromatic heterocycles. The van der Waals surface area contributed by atoms with Gasteiger partial charge in [-0.15, -0.1) is 11.3 Å². The van der Waals surface area contributed by atoms with Gasteiger partial charge in [-0.05, 0) is 59.8 Å². The van der Waals surface area contributed by atoms with Crippen LogP contribution in [0.3, 0.4) is 0 Å². The first-order chi connectivity index (χ1) is 10.2. The highest BCUT2D eigenvalue weighted by atomic mass is 79.9. The normalized spacial score (nSPS) is 19.1. The molecular formula is C17H20BrNOS. The molecule has 1 aliphatic rings. The van der Waals surface area contributed by atoms with E-state index in [9.17, 15) is 0 Å². The van der Waals surface area contributed by atoms with Gasteiger partial charge in [-0.3, -0.25) is 0 Å². The predicted octanol–water partition coefficient (Wildman–Crippen LogP) is 5.25. The fourth-order valence-electron chi connectivity index (χ4n) is 3.11. The van der Waals surface area contributed by atoms with Crippen LogP contribution in [0.5, 0.6) is 5.75 Å². The number of ether oxygens (including phenoxy) is 1. The van der Waals surface area contributed by atoms with Crippen LogP contribution in [-0.2, 0) is 6.42 Å². The fraction of sp³-hybridized carbons (Fsp3) is 0.412. The zero-order valence-electron chi connectivity index (χ0n) is 12.4. The second-order valence-corrected chi connectivity index (χ2v) is 8.02. The molecule has 4 heteroatoms. The maximum absolute atomic E-state index is 5.48. The molecule has 0 saturated carbocycles. The summed E-state index contributed by atoms with van der Waals surface area (Å²) in [6.07, 6.45) is 3.68. The van der Waals surface area contributed by atoms with Gasteiger partial charge in [0.25, 0.3) is 0 Å². The van der Waals surface area contributed by atoms with Crippen molar-refractivity contribution < 1.29 is 4.74 Å². The van der Waals surface area contributed by atoms with Crippen molar-refractivity contribution in [2.45, 2.75) is 38.3 Å². The summed E-state index contributed by atoms with van der Waals surface area (Å²) in [4.78, 5) is 1.53. The Balaban J connectivity index is 1.81. The molecule has 1 aliphatic carbocycles. The molecule has 0 radical (unpaired) electrons. The van der Waals surface area contributed by atoms with Gasteiger partial charge in [0.2, 0.25) is 0 Å². The number of hydrogen-bond acceptors (Lipinski definition) is 3. The van der Waals surface area contributed by atoms with Gasteiger partial charge in [-0.2, -0.15) is 0 Å². The van der Waals surface area contributed by atoms with Gasteiger partial charge < -0.3 is 10.1 Å². The first-order valence-corrected chi connectivity index (χ1v) is 8.97. The van der Waals surface area contributed by atoms with Crippen molar-refractivity contribution in [3.8, 4) is 5.75 Å². The molecule has 1 N–H and O–H groups in total. The number of para-hydroxylation sites is 1. The Morgan fingerprint density at radius 1 is 1.38 bits per heavy atom. The number of thiophene rings is 1. The van der Waals surface area contributed by atoms with Crippen LogP contribution in [-0.4, -0.2) is 7.11 Å². The Hall–Kier alpha value is -0.840. The molecule has 0 fully saturated rings. The number of methoxy groups -OCH3 is 1. The number of rotatable bonds is 4. The molecular weight excluding hydrogens is 346 g/mol. The van der Waals surface area contributed by atoms with Gasteiger partial charge in [0.05, 0.1) is 10.9 Å². The molecule has 112 valence electrons. The lowest BCUT2D eigenvalue weighted by Crippen LogP contribution is -2.27. The van der Waals surface area contributed by atoms with E-state index in [0.29, 0.717) is 6.04 Å². The largest absolute Gasteiger partial charge is 0.496 e. The average molecular weight is 366 g/mol. The molecule has 2 atom stereocenters. The number of hydrogen-bond donors (Lipinski definition) is 1. The minimum atomic E-state index is 0.274. The molecule has 0 bridgehead atoms. The molecule has 1 aromatic carbocycles. The van der Waals surface area contributed by atoms with E-state index in [1.807, 2.05) is 23.5 Å². The molecule has 2 nitrogen and oxygen atoms in total. The molecule has 0 aliphatic heterocycles. The monoisotopic (exact) mass is 365 g/mol. The minimum absolute atomic E-state index is 0.274. The quantitative estimate of drug-likeness (QED) is 0.798. The molecule has 1 heterocycles. The number of fused-ring (bicyclic) bond motifs is 1. The first-order valence-electron chi connectivity index (χ1n) is 7.36. The van der Waals surface area contributed by atoms with Gasteiger partial charge in [-0.1, -0.05) is 18.2 Å². The Kier molecular flexibility index (Phi) is 4.67. The van der Waals surface area contributed by atoms with Crippen LogP contribution in [0.4, 0.5) is 0 Å². The van der Waals surface area contributed by atoms with Crippen LogP contribution < -0.4 is 10.1 Å². The highest BCUT2D eigenvalue weighted by Crippen LogP contribution is 2.39. The van der Waals surface area contributed by atoms with Gasteiger partial charge in [0.1, 0.15) is 5.75 Å². The van der Waals surface area contributed by atoms with E-state index >= 15 is 0 Å². The number of benzene rings is 1. The summed E-state index contributed by atoms with van der Waals surface area (Å²) in [7, 11) is 1.74. The average Bonchev–Trinajstić information content (AvgIpc) is 2.88. The first kappa shape index (κ1) is 15.1. The highest BCUT2D eigenvalue weighted by Gasteiger charge is 2.24. The maximum atomic E-state index is 5.48. The highest BCUT2D eigenvalue weighted by molar-refractivity contribution is 9.11. The Bertz CT molecular complexity index is 625. The second kappa shape index (κ2) is 6.51. The summed E-state index contributed by atoms with van der Waals surface area (Å²) in [5.74, 6) is 0.958. The summed E-state index contributed by atoms with van der Waals surface area (Å²) >= 11 is 5.50. The van der Waals surface area contributed by atoms with Crippen LogP contribution in [0.25, 0.3) is 0 Å². The van der Waals surface area contributed by atoms with E-state index in [1.54, 1.807) is 7.11 Å². The lowest BCUT2D eigenvalue weighted by atomic mass is 9.92. The van der Waals surface area contributed by atoms with E-state index < -0.39 is 0 Å². The zero-order valence-corrected chi connectivity index (χ0v) is 14.8. The van der Waals surface area contributed by atoms with E-state index in [1.165, 1.54) is 39.1 Å². The third-order valence-corrected chi connectivity index (χ3v) is 5.85. The van der Waals surface area contributed by atoms with Gasteiger partial charge in [0.15, 0.2) is 0 Å². The standard InChI is InChI=1S/C17H20BrNOS/c1-11(12-6-3-4-8-15(12)20-2)19-14-7-5-9-16-13(14)10-17(18)21-16/h3-4,6,8,10-11,14,19H,5,7,9H2,1-2H3/t11-,14?/m0/s1. The summed E-state index contributed by atoms with van der Waals surface area (Å²) < 4.78 is 6.73. The van der Waals surface area contributed by atoms with Crippen LogP contribution in [0.15, 0.2) is 34.1 Å². The Morgan fingerprint density at radius 2 is 2.19 bits per heavy atom. The third-order valence-electron chi connectivity index (χ3n) is 4.14. The smallest absolute Gasteiger partial charge is 0.123 e. The van der Waals surface area contributed by atoms with Crippen molar-refractivity contribution in [1.82, 2.24) is 5.32 Å². The zero-order chi connectivity index (χ0) is 14.8. The van der Waals surface area contributed by atoms with Crippen molar-refractivity contribution in [2.75, 3.05) is 7.11 Å². The minimum Gasteiger partial charge on any atom is -0.496 e. The van der Waals surface area contributed by atoms with E-state index in [2.05, 4.69) is 46.4 Å². The molecule has 2 aromatic rings. The predicted molar refractivity (Wildman–Crippen MR) is 92.2 cm³/mol. The van der Waals surface area contributed by atoms with E-state index in [0.717, 1.165) is 5.75 Å². The molecule has 21 heavy (non-hydrogen) atoms. The summed E-state index contributed by atoms with van der Waals surface area (Å²) in [5, 5.41) is 3.79. The molecule has 3 rings (SSSR count). The SMILES string of the molecule is COc1ccccc1[C@H](C)NC1CCCc2sc(Br)cc21. The Morgan fingerprint density at radius 3 is 3.00 bits per heavy atom. The van der Waals surface area contributed by atoms with E-state index in [4.69, 9.17) is 4.74 Å². The van der Waals surface area contributed by atoms with Gasteiger partial charge in [0, 0.05) is 22.5 Å². The van der Waals surface area contributed by atoms with Crippen molar-refractivity contribution in [3.63, 3.8) is 0 Å². The number of nitrogens with one attached hydrogen (secondary N) is 1. The van der Waals surface area contributed by atoms with Gasteiger partial charge >= 0.3 is 0 Å². The summed E-state index contributed by atoms with van der Waals surface area (Å²) in [6, 6.07) is 11.3. The summed E-state index contributed by atoms with van der Waals surface area (Å²) in [5.41, 5.74) is 2.70. The van der Waals surface area contributed by atoms with Gasteiger partial charge in [-0.25, -0.2) is 0 Å². The molecule has 0 amide bonds. The van der Waals surface area contributed by atoms with Crippen molar-refractivity contribution >= 4 is 27.3 Å². The fourth-order valence-corrected chi connectivity index (χ4v) is 4.93.